The number of ether oxygens (including phenoxy) is 1. The van der Waals surface area contributed by atoms with Crippen LogP contribution in [0.15, 0.2) is 28.7 Å². The van der Waals surface area contributed by atoms with Crippen LogP contribution in [0.5, 0.6) is 5.75 Å². The van der Waals surface area contributed by atoms with Crippen molar-refractivity contribution >= 4 is 17.7 Å². The van der Waals surface area contributed by atoms with Crippen molar-refractivity contribution in [3.8, 4) is 17.2 Å². The topological polar surface area (TPSA) is 64.4 Å². The van der Waals surface area contributed by atoms with E-state index in [1.54, 1.807) is 11.8 Å². The molecule has 6 heteroatoms. The minimum Gasteiger partial charge on any atom is -0.494 e. The number of aryl methyl sites for hydroxylation is 1. The van der Waals surface area contributed by atoms with E-state index in [0.29, 0.717) is 30.0 Å². The van der Waals surface area contributed by atoms with E-state index in [-0.39, 0.29) is 5.91 Å². The predicted octanol–water partition coefficient (Wildman–Crippen LogP) is 3.95. The Bertz CT molecular complexity index is 708. The molecule has 0 bridgehead atoms. The molecule has 1 heterocycles. The molecule has 2 aromatic rings. The van der Waals surface area contributed by atoms with E-state index in [1.165, 1.54) is 0 Å². The van der Waals surface area contributed by atoms with Gasteiger partial charge in [0.1, 0.15) is 11.5 Å². The van der Waals surface area contributed by atoms with Gasteiger partial charge in [-0.2, -0.15) is 0 Å². The first-order valence-corrected chi connectivity index (χ1v) is 9.88. The molecule has 1 aliphatic carbocycles. The highest BCUT2D eigenvalue weighted by molar-refractivity contribution is 7.99. The number of carbonyl (C=O) groups excluding carboxylic acids is 1. The SMILES string of the molecule is CCCOc1ccc(-c2nc(CSCC(=O)NC3CC3)c(C)o2)cc1. The summed E-state index contributed by atoms with van der Waals surface area (Å²) in [5.41, 5.74) is 1.82. The van der Waals surface area contributed by atoms with Crippen LogP contribution < -0.4 is 10.1 Å². The molecule has 1 fully saturated rings. The van der Waals surface area contributed by atoms with Gasteiger partial charge in [0, 0.05) is 17.4 Å². The van der Waals surface area contributed by atoms with Crippen molar-refractivity contribution in [3.63, 3.8) is 0 Å². The Labute approximate surface area is 152 Å². The smallest absolute Gasteiger partial charge is 0.230 e. The summed E-state index contributed by atoms with van der Waals surface area (Å²) in [4.78, 5) is 16.3. The molecular weight excluding hydrogens is 336 g/mol. The second-order valence-electron chi connectivity index (χ2n) is 6.23. The Morgan fingerprint density at radius 3 is 2.80 bits per heavy atom. The van der Waals surface area contributed by atoms with Gasteiger partial charge in [-0.1, -0.05) is 6.92 Å². The van der Waals surface area contributed by atoms with E-state index in [0.717, 1.165) is 42.0 Å². The van der Waals surface area contributed by atoms with Gasteiger partial charge in [0.15, 0.2) is 0 Å². The summed E-state index contributed by atoms with van der Waals surface area (Å²) >= 11 is 1.56. The minimum absolute atomic E-state index is 0.108. The fraction of sp³-hybridized carbons (Fsp3) is 0.474. The largest absolute Gasteiger partial charge is 0.494 e. The van der Waals surface area contributed by atoms with Crippen LogP contribution >= 0.6 is 11.8 Å². The van der Waals surface area contributed by atoms with Crippen LogP contribution in [0, 0.1) is 6.92 Å². The lowest BCUT2D eigenvalue weighted by Crippen LogP contribution is -2.27. The van der Waals surface area contributed by atoms with Gasteiger partial charge in [0.05, 0.1) is 18.1 Å². The molecule has 1 saturated carbocycles. The third-order valence-electron chi connectivity index (χ3n) is 3.88. The summed E-state index contributed by atoms with van der Waals surface area (Å²) in [6.45, 7) is 4.71. The van der Waals surface area contributed by atoms with Crippen LogP contribution in [0.2, 0.25) is 0 Å². The van der Waals surface area contributed by atoms with E-state index in [1.807, 2.05) is 31.2 Å². The number of hydrogen-bond donors (Lipinski definition) is 1. The van der Waals surface area contributed by atoms with E-state index < -0.39 is 0 Å². The average molecular weight is 360 g/mol. The molecule has 1 N–H and O–H groups in total. The number of benzene rings is 1. The Hall–Kier alpha value is -1.95. The molecule has 134 valence electrons. The lowest BCUT2D eigenvalue weighted by molar-refractivity contribution is -0.118. The summed E-state index contributed by atoms with van der Waals surface area (Å²) in [6, 6.07) is 8.19. The summed E-state index contributed by atoms with van der Waals surface area (Å²) in [6.07, 6.45) is 3.22. The lowest BCUT2D eigenvalue weighted by atomic mass is 10.2. The van der Waals surface area contributed by atoms with Crippen molar-refractivity contribution in [2.45, 2.75) is 44.9 Å². The zero-order valence-corrected chi connectivity index (χ0v) is 15.5. The standard InChI is InChI=1S/C19H24N2O3S/c1-3-10-23-16-8-4-14(5-9-16)19-21-17(13(2)24-19)11-25-12-18(22)20-15-6-7-15/h4-5,8-9,15H,3,6-7,10-12H2,1-2H3,(H,20,22). The van der Waals surface area contributed by atoms with Gasteiger partial charge >= 0.3 is 0 Å². The van der Waals surface area contributed by atoms with Crippen molar-refractivity contribution < 1.29 is 13.9 Å². The summed E-state index contributed by atoms with van der Waals surface area (Å²) in [7, 11) is 0. The van der Waals surface area contributed by atoms with Gasteiger partial charge in [0.25, 0.3) is 0 Å². The van der Waals surface area contributed by atoms with Crippen LogP contribution in [0.25, 0.3) is 11.5 Å². The average Bonchev–Trinajstić information content (AvgIpc) is 3.35. The molecular formula is C19H24N2O3S. The zero-order chi connectivity index (χ0) is 17.6. The van der Waals surface area contributed by atoms with Gasteiger partial charge in [0.2, 0.25) is 11.8 Å². The van der Waals surface area contributed by atoms with E-state index in [2.05, 4.69) is 17.2 Å². The van der Waals surface area contributed by atoms with Crippen molar-refractivity contribution in [2.24, 2.45) is 0 Å². The van der Waals surface area contributed by atoms with E-state index >= 15 is 0 Å². The highest BCUT2D eigenvalue weighted by Crippen LogP contribution is 2.26. The number of hydrogen-bond acceptors (Lipinski definition) is 5. The maximum absolute atomic E-state index is 11.7. The summed E-state index contributed by atoms with van der Waals surface area (Å²) in [5, 5.41) is 2.99. The molecule has 0 unspecified atom stereocenters. The van der Waals surface area contributed by atoms with Gasteiger partial charge in [-0.15, -0.1) is 11.8 Å². The lowest BCUT2D eigenvalue weighted by Gasteiger charge is -2.04. The zero-order valence-electron chi connectivity index (χ0n) is 14.7. The van der Waals surface area contributed by atoms with Crippen molar-refractivity contribution in [1.29, 1.82) is 0 Å². The van der Waals surface area contributed by atoms with E-state index in [9.17, 15) is 4.79 Å². The number of rotatable bonds is 9. The maximum Gasteiger partial charge on any atom is 0.230 e. The van der Waals surface area contributed by atoms with Crippen LogP contribution in [-0.2, 0) is 10.5 Å². The molecule has 1 aromatic heterocycles. The molecule has 0 atom stereocenters. The van der Waals surface area contributed by atoms with E-state index in [4.69, 9.17) is 9.15 Å². The highest BCUT2D eigenvalue weighted by Gasteiger charge is 2.23. The summed E-state index contributed by atoms with van der Waals surface area (Å²) in [5.74, 6) is 3.50. The van der Waals surface area contributed by atoms with Gasteiger partial charge in [-0.05, 0) is 50.5 Å². The van der Waals surface area contributed by atoms with Crippen molar-refractivity contribution in [2.75, 3.05) is 12.4 Å². The summed E-state index contributed by atoms with van der Waals surface area (Å²) < 4.78 is 11.4. The number of amides is 1. The molecule has 1 aromatic carbocycles. The number of nitrogens with one attached hydrogen (secondary N) is 1. The first kappa shape index (κ1) is 17.9. The second-order valence-corrected chi connectivity index (χ2v) is 7.21. The monoisotopic (exact) mass is 360 g/mol. The molecule has 25 heavy (non-hydrogen) atoms. The molecule has 0 aliphatic heterocycles. The molecule has 0 saturated heterocycles. The molecule has 1 amide bonds. The first-order valence-electron chi connectivity index (χ1n) is 8.72. The van der Waals surface area contributed by atoms with Crippen LogP contribution in [0.4, 0.5) is 0 Å². The predicted molar refractivity (Wildman–Crippen MR) is 99.8 cm³/mol. The number of aromatic nitrogens is 1. The number of nitrogens with zero attached hydrogens (tertiary/aromatic N) is 1. The molecule has 1 aliphatic rings. The van der Waals surface area contributed by atoms with Crippen LogP contribution in [-0.4, -0.2) is 29.3 Å². The fourth-order valence-electron chi connectivity index (χ4n) is 2.34. The Balaban J connectivity index is 1.54. The van der Waals surface area contributed by atoms with Gasteiger partial charge in [-0.3, -0.25) is 4.79 Å². The Morgan fingerprint density at radius 2 is 2.12 bits per heavy atom. The molecule has 0 radical (unpaired) electrons. The normalized spacial score (nSPS) is 13.7. The fourth-order valence-corrected chi connectivity index (χ4v) is 3.17. The minimum atomic E-state index is 0.108. The third kappa shape index (κ3) is 5.26. The second kappa shape index (κ2) is 8.43. The number of thioether (sulfide) groups is 1. The quantitative estimate of drug-likeness (QED) is 0.733. The molecule has 3 rings (SSSR count). The highest BCUT2D eigenvalue weighted by atomic mass is 32.2. The molecule has 5 nitrogen and oxygen atoms in total. The number of carbonyl (C=O) groups is 1. The Kier molecular flexibility index (Phi) is 6.02. The first-order chi connectivity index (χ1) is 12.2. The Morgan fingerprint density at radius 1 is 1.36 bits per heavy atom. The van der Waals surface area contributed by atoms with Gasteiger partial charge < -0.3 is 14.5 Å². The van der Waals surface area contributed by atoms with Crippen molar-refractivity contribution in [3.05, 3.63) is 35.7 Å². The third-order valence-corrected chi connectivity index (χ3v) is 4.83. The number of oxazole rings is 1. The van der Waals surface area contributed by atoms with Crippen LogP contribution in [0.1, 0.15) is 37.6 Å². The van der Waals surface area contributed by atoms with Gasteiger partial charge in [-0.25, -0.2) is 4.98 Å². The van der Waals surface area contributed by atoms with Crippen LogP contribution in [0.3, 0.4) is 0 Å². The molecule has 0 spiro atoms. The maximum atomic E-state index is 11.7. The van der Waals surface area contributed by atoms with Crippen molar-refractivity contribution in [1.82, 2.24) is 10.3 Å².